The van der Waals surface area contributed by atoms with Crippen molar-refractivity contribution in [3.63, 3.8) is 0 Å². The van der Waals surface area contributed by atoms with Gasteiger partial charge in [-0.3, -0.25) is 4.21 Å². The first kappa shape index (κ1) is 10.1. The van der Waals surface area contributed by atoms with E-state index in [-0.39, 0.29) is 0 Å². The second-order valence-electron chi connectivity index (χ2n) is 1.94. The summed E-state index contributed by atoms with van der Waals surface area (Å²) in [4.78, 5) is 0. The maximum absolute atomic E-state index is 11.0. The van der Waals surface area contributed by atoms with E-state index in [2.05, 4.69) is 5.32 Å². The Morgan fingerprint density at radius 2 is 2.20 bits per heavy atom. The fourth-order valence-electron chi connectivity index (χ4n) is 0.494. The Bertz CT molecular complexity index is 87.7. The van der Waals surface area contributed by atoms with Crippen molar-refractivity contribution in [3.8, 4) is 0 Å². The third-order valence-corrected chi connectivity index (χ3v) is 2.38. The number of methoxy groups -OCH3 is 1. The van der Waals surface area contributed by atoms with Crippen molar-refractivity contribution in [1.29, 1.82) is 0 Å². The molecule has 0 aliphatic rings. The summed E-state index contributed by atoms with van der Waals surface area (Å²) in [5.74, 6) is 1.37. The molecule has 0 rings (SSSR count). The molecule has 3 nitrogen and oxygen atoms in total. The van der Waals surface area contributed by atoms with Gasteiger partial charge in [-0.25, -0.2) is 0 Å². The summed E-state index contributed by atoms with van der Waals surface area (Å²) in [6.07, 6.45) is 0. The van der Waals surface area contributed by atoms with Crippen molar-refractivity contribution < 1.29 is 8.95 Å². The van der Waals surface area contributed by atoms with Crippen LogP contribution in [-0.4, -0.2) is 43.0 Å². The maximum Gasteiger partial charge on any atom is 0.0577 e. The van der Waals surface area contributed by atoms with Crippen LogP contribution in [0.5, 0.6) is 0 Å². The van der Waals surface area contributed by atoms with Gasteiger partial charge in [0.05, 0.1) is 6.61 Å². The number of hydrogen-bond donors (Lipinski definition) is 1. The van der Waals surface area contributed by atoms with Gasteiger partial charge in [-0.1, -0.05) is 0 Å². The lowest BCUT2D eigenvalue weighted by Crippen LogP contribution is -2.18. The molecule has 0 aromatic rings. The van der Waals surface area contributed by atoms with Crippen molar-refractivity contribution in [1.82, 2.24) is 5.32 Å². The number of hydrogen-bond acceptors (Lipinski definition) is 3. The number of nitrogens with one attached hydrogen (secondary N) is 1. The highest BCUT2D eigenvalue weighted by Crippen LogP contribution is 1.80. The van der Waals surface area contributed by atoms with E-state index in [0.29, 0.717) is 12.4 Å². The minimum atomic E-state index is -0.707. The van der Waals surface area contributed by atoms with Crippen molar-refractivity contribution in [2.75, 3.05) is 38.8 Å². The first-order valence-electron chi connectivity index (χ1n) is 3.29. The minimum absolute atomic E-state index is 0.594. The van der Waals surface area contributed by atoms with E-state index >= 15 is 0 Å². The van der Waals surface area contributed by atoms with Gasteiger partial charge in [0.2, 0.25) is 0 Å². The summed E-state index contributed by atoms with van der Waals surface area (Å²) in [6.45, 7) is 1.41. The summed E-state index contributed by atoms with van der Waals surface area (Å²) in [5.41, 5.74) is 0. The molecule has 0 spiro atoms. The van der Waals surface area contributed by atoms with Crippen LogP contribution >= 0.6 is 0 Å². The molecule has 0 fully saturated rings. The van der Waals surface area contributed by atoms with Gasteiger partial charge in [0.1, 0.15) is 0 Å². The van der Waals surface area contributed by atoms with Crippen molar-refractivity contribution in [2.45, 2.75) is 0 Å². The monoisotopic (exact) mass is 165 g/mol. The Kier molecular flexibility index (Phi) is 7.23. The third-order valence-electron chi connectivity index (χ3n) is 1.09. The molecule has 0 bridgehead atoms. The molecule has 0 saturated heterocycles. The summed E-state index contributed by atoms with van der Waals surface area (Å²) < 4.78 is 15.7. The van der Waals surface area contributed by atoms with E-state index in [9.17, 15) is 4.21 Å². The molecule has 4 heteroatoms. The zero-order chi connectivity index (χ0) is 7.82. The first-order chi connectivity index (χ1) is 4.81. The maximum atomic E-state index is 11.0. The second kappa shape index (κ2) is 7.18. The molecule has 0 aliphatic carbocycles. The van der Waals surface area contributed by atoms with Gasteiger partial charge in [-0.15, -0.1) is 0 Å². The summed E-state index contributed by atoms with van der Waals surface area (Å²) in [6, 6.07) is 0. The van der Waals surface area contributed by atoms with Crippen LogP contribution in [0.25, 0.3) is 0 Å². The normalized spacial score (nSPS) is 13.4. The van der Waals surface area contributed by atoms with Crippen LogP contribution in [-0.2, 0) is 15.5 Å². The third kappa shape index (κ3) is 6.19. The molecule has 0 saturated carbocycles. The quantitative estimate of drug-likeness (QED) is 0.582. The lowest BCUT2D eigenvalue weighted by molar-refractivity contribution is 0.218. The molecule has 1 N–H and O–H groups in total. The lowest BCUT2D eigenvalue weighted by Gasteiger charge is -1.99. The molecule has 0 amide bonds. The molecule has 0 aromatic heterocycles. The Morgan fingerprint density at radius 3 is 2.70 bits per heavy atom. The largest absolute Gasteiger partial charge is 0.384 e. The van der Waals surface area contributed by atoms with Crippen LogP contribution in [0.2, 0.25) is 0 Å². The molecule has 0 aromatic carbocycles. The first-order valence-corrected chi connectivity index (χ1v) is 4.78. The molecular formula is C6H15NO2S. The van der Waals surface area contributed by atoms with E-state index in [1.165, 1.54) is 0 Å². The fourth-order valence-corrected chi connectivity index (χ4v) is 1.48. The lowest BCUT2D eigenvalue weighted by atomic mass is 10.8. The van der Waals surface area contributed by atoms with E-state index < -0.39 is 10.8 Å². The molecule has 0 aliphatic heterocycles. The summed E-state index contributed by atoms with van der Waals surface area (Å²) >= 11 is 0. The van der Waals surface area contributed by atoms with Crippen LogP contribution in [0, 0.1) is 0 Å². The van der Waals surface area contributed by atoms with E-state index in [4.69, 9.17) is 4.74 Å². The van der Waals surface area contributed by atoms with E-state index in [1.807, 2.05) is 7.05 Å². The molecule has 0 heterocycles. The number of ether oxygens (including phenoxy) is 1. The summed E-state index contributed by atoms with van der Waals surface area (Å²) in [5, 5.41) is 2.94. The highest BCUT2D eigenvalue weighted by molar-refractivity contribution is 7.85. The SMILES string of the molecule is CNCCS(=O)CCOC. The van der Waals surface area contributed by atoms with E-state index in [1.54, 1.807) is 7.11 Å². The molecule has 62 valence electrons. The topological polar surface area (TPSA) is 38.3 Å². The standard InChI is InChI=1S/C6H15NO2S/c1-7-3-5-10(8)6-4-9-2/h7H,3-6H2,1-2H3. The molecule has 10 heavy (non-hydrogen) atoms. The van der Waals surface area contributed by atoms with Crippen molar-refractivity contribution in [2.24, 2.45) is 0 Å². The Hall–Kier alpha value is 0.0700. The average Bonchev–Trinajstić information content (AvgIpc) is 1.97. The van der Waals surface area contributed by atoms with Crippen molar-refractivity contribution in [3.05, 3.63) is 0 Å². The second-order valence-corrected chi connectivity index (χ2v) is 3.64. The molecule has 1 unspecified atom stereocenters. The van der Waals surface area contributed by atoms with Gasteiger partial charge < -0.3 is 10.1 Å². The molecule has 0 radical (unpaired) electrons. The Balaban J connectivity index is 3.09. The van der Waals surface area contributed by atoms with Crippen LogP contribution in [0.15, 0.2) is 0 Å². The Morgan fingerprint density at radius 1 is 1.50 bits per heavy atom. The van der Waals surface area contributed by atoms with Crippen molar-refractivity contribution >= 4 is 10.8 Å². The molecule has 1 atom stereocenters. The molecular weight excluding hydrogens is 150 g/mol. The van der Waals surface area contributed by atoms with Crippen LogP contribution < -0.4 is 5.32 Å². The van der Waals surface area contributed by atoms with Gasteiger partial charge in [0, 0.05) is 36.0 Å². The minimum Gasteiger partial charge on any atom is -0.384 e. The van der Waals surface area contributed by atoms with Gasteiger partial charge in [-0.05, 0) is 7.05 Å². The van der Waals surface area contributed by atoms with Crippen LogP contribution in [0.3, 0.4) is 0 Å². The zero-order valence-corrected chi connectivity index (χ0v) is 7.37. The van der Waals surface area contributed by atoms with Gasteiger partial charge in [0.15, 0.2) is 0 Å². The van der Waals surface area contributed by atoms with Gasteiger partial charge in [0.25, 0.3) is 0 Å². The highest BCUT2D eigenvalue weighted by atomic mass is 32.2. The zero-order valence-electron chi connectivity index (χ0n) is 6.55. The van der Waals surface area contributed by atoms with E-state index in [0.717, 1.165) is 12.3 Å². The van der Waals surface area contributed by atoms with Gasteiger partial charge in [-0.2, -0.15) is 0 Å². The number of rotatable bonds is 6. The van der Waals surface area contributed by atoms with Crippen LogP contribution in [0.4, 0.5) is 0 Å². The van der Waals surface area contributed by atoms with Crippen LogP contribution in [0.1, 0.15) is 0 Å². The summed E-state index contributed by atoms with van der Waals surface area (Å²) in [7, 11) is 2.77. The fraction of sp³-hybridized carbons (Fsp3) is 1.00. The smallest absolute Gasteiger partial charge is 0.0577 e. The Labute approximate surface area is 64.6 Å². The van der Waals surface area contributed by atoms with Gasteiger partial charge >= 0.3 is 0 Å². The predicted molar refractivity (Wildman–Crippen MR) is 43.7 cm³/mol. The predicted octanol–water partition coefficient (Wildman–Crippen LogP) is -0.399. The highest BCUT2D eigenvalue weighted by Gasteiger charge is 1.96. The average molecular weight is 165 g/mol.